The number of rotatable bonds is 8. The zero-order valence-corrected chi connectivity index (χ0v) is 15.6. The summed E-state index contributed by atoms with van der Waals surface area (Å²) in [6.45, 7) is 0.353. The second-order valence-corrected chi connectivity index (χ2v) is 6.95. The molecule has 0 aliphatic carbocycles. The minimum atomic E-state index is -0.940. The molecule has 0 radical (unpaired) electrons. The zero-order chi connectivity index (χ0) is 19.9. The summed E-state index contributed by atoms with van der Waals surface area (Å²) in [6, 6.07) is 17.1. The Balaban J connectivity index is 1.52. The summed E-state index contributed by atoms with van der Waals surface area (Å²) < 4.78 is 0. The van der Waals surface area contributed by atoms with E-state index in [0.29, 0.717) is 12.8 Å². The number of hydrogen-bond acceptors (Lipinski definition) is 3. The Labute approximate surface area is 164 Å². The number of carboxylic acids is 1. The van der Waals surface area contributed by atoms with Crippen LogP contribution in [0, 0.1) is 5.92 Å². The van der Waals surface area contributed by atoms with Gasteiger partial charge in [0.15, 0.2) is 0 Å². The number of carbonyl (C=O) groups excluding carboxylic acids is 2. The third kappa shape index (κ3) is 4.97. The van der Waals surface area contributed by atoms with Crippen molar-refractivity contribution in [3.63, 3.8) is 0 Å². The largest absolute Gasteiger partial charge is 0.481 e. The van der Waals surface area contributed by atoms with E-state index in [4.69, 9.17) is 0 Å². The van der Waals surface area contributed by atoms with Gasteiger partial charge in [-0.2, -0.15) is 0 Å². The van der Waals surface area contributed by atoms with Crippen LogP contribution in [0.1, 0.15) is 24.0 Å². The lowest BCUT2D eigenvalue weighted by atomic mass is 9.99. The fraction of sp³-hybridized carbons (Fsp3) is 0.318. The zero-order valence-electron chi connectivity index (χ0n) is 15.6. The van der Waals surface area contributed by atoms with E-state index in [1.807, 2.05) is 54.6 Å². The lowest BCUT2D eigenvalue weighted by molar-refractivity contribution is -0.141. The number of aryl methyl sites for hydroxylation is 1. The van der Waals surface area contributed by atoms with Crippen LogP contribution >= 0.6 is 0 Å². The molecule has 146 valence electrons. The van der Waals surface area contributed by atoms with Crippen molar-refractivity contribution in [1.29, 1.82) is 0 Å². The van der Waals surface area contributed by atoms with Gasteiger partial charge in [-0.1, -0.05) is 48.5 Å². The maximum atomic E-state index is 12.2. The fourth-order valence-corrected chi connectivity index (χ4v) is 3.43. The first-order valence-electron chi connectivity index (χ1n) is 9.46. The summed E-state index contributed by atoms with van der Waals surface area (Å²) in [4.78, 5) is 37.6. The molecule has 0 fully saturated rings. The van der Waals surface area contributed by atoms with Gasteiger partial charge in [0.2, 0.25) is 11.8 Å². The predicted molar refractivity (Wildman–Crippen MR) is 106 cm³/mol. The van der Waals surface area contributed by atoms with Crippen LogP contribution in [0.3, 0.4) is 0 Å². The van der Waals surface area contributed by atoms with E-state index < -0.39 is 11.9 Å². The molecule has 0 spiro atoms. The van der Waals surface area contributed by atoms with Gasteiger partial charge in [0.1, 0.15) is 0 Å². The average Bonchev–Trinajstić information content (AvgIpc) is 2.71. The van der Waals surface area contributed by atoms with Crippen molar-refractivity contribution >= 4 is 23.5 Å². The number of amides is 2. The molecule has 1 heterocycles. The van der Waals surface area contributed by atoms with E-state index in [-0.39, 0.29) is 31.3 Å². The van der Waals surface area contributed by atoms with Crippen molar-refractivity contribution < 1.29 is 19.5 Å². The molecule has 0 saturated carbocycles. The molecule has 0 aromatic heterocycles. The van der Waals surface area contributed by atoms with E-state index in [1.54, 1.807) is 4.90 Å². The molecule has 2 amide bonds. The topological polar surface area (TPSA) is 86.7 Å². The number of para-hydroxylation sites is 1. The molecule has 6 heteroatoms. The standard InChI is InChI=1S/C22H24N2O4/c25-20(23-15-18(22(27)28)14-16-6-2-1-3-7-16)12-13-24-19-9-5-4-8-17(19)10-11-21(24)26/h1-9,18H,10-15H2,(H,23,25)(H,27,28). The number of carboxylic acid groups (broad SMARTS) is 1. The molecule has 0 saturated heterocycles. The maximum absolute atomic E-state index is 12.2. The molecule has 1 atom stereocenters. The van der Waals surface area contributed by atoms with Crippen molar-refractivity contribution in [2.45, 2.75) is 25.7 Å². The molecular formula is C22H24N2O4. The van der Waals surface area contributed by atoms with Gasteiger partial charge in [-0.3, -0.25) is 14.4 Å². The summed E-state index contributed by atoms with van der Waals surface area (Å²) in [5.41, 5.74) is 2.88. The van der Waals surface area contributed by atoms with E-state index in [9.17, 15) is 19.5 Å². The van der Waals surface area contributed by atoms with Crippen molar-refractivity contribution in [3.05, 3.63) is 65.7 Å². The van der Waals surface area contributed by atoms with E-state index in [1.165, 1.54) is 0 Å². The second kappa shape index (κ2) is 9.17. The van der Waals surface area contributed by atoms with Gasteiger partial charge in [0.25, 0.3) is 0 Å². The fourth-order valence-electron chi connectivity index (χ4n) is 3.43. The Kier molecular flexibility index (Phi) is 6.42. The molecule has 2 N–H and O–H groups in total. The van der Waals surface area contributed by atoms with Gasteiger partial charge in [-0.05, 0) is 30.0 Å². The summed E-state index contributed by atoms with van der Waals surface area (Å²) in [5.74, 6) is -1.87. The van der Waals surface area contributed by atoms with Crippen LogP contribution in [-0.4, -0.2) is 36.0 Å². The van der Waals surface area contributed by atoms with Crippen molar-refractivity contribution in [1.82, 2.24) is 5.32 Å². The number of fused-ring (bicyclic) bond motifs is 1. The monoisotopic (exact) mass is 380 g/mol. The summed E-state index contributed by atoms with van der Waals surface area (Å²) in [6.07, 6.45) is 1.65. The number of carbonyl (C=O) groups is 3. The number of anilines is 1. The number of nitrogens with one attached hydrogen (secondary N) is 1. The lowest BCUT2D eigenvalue weighted by Crippen LogP contribution is -2.39. The summed E-state index contributed by atoms with van der Waals surface area (Å²) in [5, 5.41) is 12.1. The highest BCUT2D eigenvalue weighted by molar-refractivity contribution is 5.97. The lowest BCUT2D eigenvalue weighted by Gasteiger charge is -2.29. The molecule has 0 bridgehead atoms. The van der Waals surface area contributed by atoms with Gasteiger partial charge in [-0.25, -0.2) is 0 Å². The Morgan fingerprint density at radius 2 is 1.75 bits per heavy atom. The molecule has 1 unspecified atom stereocenters. The van der Waals surface area contributed by atoms with Gasteiger partial charge < -0.3 is 15.3 Å². The first-order chi connectivity index (χ1) is 13.5. The van der Waals surface area contributed by atoms with Crippen molar-refractivity contribution in [3.8, 4) is 0 Å². The number of aliphatic carboxylic acids is 1. The van der Waals surface area contributed by atoms with Gasteiger partial charge in [0.05, 0.1) is 5.92 Å². The third-order valence-corrected chi connectivity index (χ3v) is 4.97. The van der Waals surface area contributed by atoms with Crippen LogP contribution in [0.4, 0.5) is 5.69 Å². The molecule has 6 nitrogen and oxygen atoms in total. The van der Waals surface area contributed by atoms with Crippen LogP contribution in [0.25, 0.3) is 0 Å². The maximum Gasteiger partial charge on any atom is 0.308 e. The minimum Gasteiger partial charge on any atom is -0.481 e. The highest BCUT2D eigenvalue weighted by Crippen LogP contribution is 2.27. The van der Waals surface area contributed by atoms with Gasteiger partial charge in [-0.15, -0.1) is 0 Å². The SMILES string of the molecule is O=C(CCN1C(=O)CCc2ccccc21)NCC(Cc1ccccc1)C(=O)O. The molecule has 28 heavy (non-hydrogen) atoms. The summed E-state index contributed by atoms with van der Waals surface area (Å²) >= 11 is 0. The molecule has 1 aliphatic heterocycles. The van der Waals surface area contributed by atoms with Crippen molar-refractivity contribution in [2.75, 3.05) is 18.0 Å². The van der Waals surface area contributed by atoms with E-state index >= 15 is 0 Å². The Morgan fingerprint density at radius 3 is 2.50 bits per heavy atom. The van der Waals surface area contributed by atoms with Crippen LogP contribution in [-0.2, 0) is 27.2 Å². The number of hydrogen-bond donors (Lipinski definition) is 2. The smallest absolute Gasteiger partial charge is 0.308 e. The van der Waals surface area contributed by atoms with E-state index in [0.717, 1.165) is 23.2 Å². The molecule has 1 aliphatic rings. The first kappa shape index (κ1) is 19.6. The molecule has 2 aromatic carbocycles. The van der Waals surface area contributed by atoms with E-state index in [2.05, 4.69) is 5.32 Å². The highest BCUT2D eigenvalue weighted by Gasteiger charge is 2.24. The van der Waals surface area contributed by atoms with Gasteiger partial charge >= 0.3 is 5.97 Å². The quantitative estimate of drug-likeness (QED) is 0.736. The first-order valence-corrected chi connectivity index (χ1v) is 9.46. The van der Waals surface area contributed by atoms with Crippen LogP contribution < -0.4 is 10.2 Å². The highest BCUT2D eigenvalue weighted by atomic mass is 16.4. The molecule has 2 aromatic rings. The summed E-state index contributed by atoms with van der Waals surface area (Å²) in [7, 11) is 0. The Bertz CT molecular complexity index is 851. The van der Waals surface area contributed by atoms with Crippen LogP contribution in [0.2, 0.25) is 0 Å². The van der Waals surface area contributed by atoms with Gasteiger partial charge in [0, 0.05) is 31.6 Å². The second-order valence-electron chi connectivity index (χ2n) is 6.95. The number of nitrogens with zero attached hydrogens (tertiary/aromatic N) is 1. The van der Waals surface area contributed by atoms with Crippen LogP contribution in [0.15, 0.2) is 54.6 Å². The number of benzene rings is 2. The van der Waals surface area contributed by atoms with Crippen molar-refractivity contribution in [2.24, 2.45) is 5.92 Å². The predicted octanol–water partition coefficient (Wildman–Crippen LogP) is 2.42. The Morgan fingerprint density at radius 1 is 1.04 bits per heavy atom. The van der Waals surface area contributed by atoms with Crippen LogP contribution in [0.5, 0.6) is 0 Å². The minimum absolute atomic E-state index is 0.0130. The third-order valence-electron chi connectivity index (χ3n) is 4.97. The molecular weight excluding hydrogens is 356 g/mol. The molecule has 3 rings (SSSR count). The average molecular weight is 380 g/mol. The normalized spacial score (nSPS) is 14.3. The Hall–Kier alpha value is -3.15.